The highest BCUT2D eigenvalue weighted by Crippen LogP contribution is 2.38. The molecule has 1 aromatic carbocycles. The lowest BCUT2D eigenvalue weighted by Crippen LogP contribution is -2.37. The van der Waals surface area contributed by atoms with Crippen LogP contribution in [0.4, 0.5) is 5.95 Å². The number of nitrogens with zero attached hydrogens (tertiary/aromatic N) is 2. The molecular weight excluding hydrogens is 310 g/mol. The Morgan fingerprint density at radius 3 is 3.00 bits per heavy atom. The van der Waals surface area contributed by atoms with E-state index in [1.54, 1.807) is 0 Å². The van der Waals surface area contributed by atoms with Gasteiger partial charge in [0.25, 0.3) is 0 Å². The van der Waals surface area contributed by atoms with Crippen molar-refractivity contribution in [2.75, 3.05) is 11.9 Å². The summed E-state index contributed by atoms with van der Waals surface area (Å²) in [7, 11) is 0. The lowest BCUT2D eigenvalue weighted by atomic mass is 9.91. The average Bonchev–Trinajstić information content (AvgIpc) is 3.01. The molecule has 1 unspecified atom stereocenters. The van der Waals surface area contributed by atoms with Crippen LogP contribution in [0.25, 0.3) is 22.2 Å². The Kier molecular flexibility index (Phi) is 3.96. The minimum absolute atomic E-state index is 0.137. The van der Waals surface area contributed by atoms with Gasteiger partial charge in [-0.1, -0.05) is 25.5 Å². The first-order chi connectivity index (χ1) is 12.1. The fraction of sp³-hybridized carbons (Fsp3) is 0.400. The Morgan fingerprint density at radius 1 is 1.28 bits per heavy atom. The van der Waals surface area contributed by atoms with E-state index in [-0.39, 0.29) is 5.54 Å². The van der Waals surface area contributed by atoms with Crippen LogP contribution >= 0.6 is 0 Å². The summed E-state index contributed by atoms with van der Waals surface area (Å²) >= 11 is 0. The maximum absolute atomic E-state index is 6.31. The van der Waals surface area contributed by atoms with E-state index >= 15 is 0 Å². The molecule has 2 aromatic heterocycles. The van der Waals surface area contributed by atoms with Crippen molar-refractivity contribution in [1.82, 2.24) is 15.0 Å². The molecule has 4 rings (SSSR count). The number of nitrogens with two attached hydrogens (primary N) is 1. The zero-order valence-electron chi connectivity index (χ0n) is 14.9. The summed E-state index contributed by atoms with van der Waals surface area (Å²) in [4.78, 5) is 12.7. The monoisotopic (exact) mass is 335 g/mol. The van der Waals surface area contributed by atoms with Crippen LogP contribution in [-0.2, 0) is 6.42 Å². The van der Waals surface area contributed by atoms with Gasteiger partial charge in [0.1, 0.15) is 0 Å². The highest BCUT2D eigenvalue weighted by molar-refractivity contribution is 5.99. The third-order valence-electron chi connectivity index (χ3n) is 5.09. The van der Waals surface area contributed by atoms with Crippen molar-refractivity contribution in [3.63, 3.8) is 0 Å². The number of aromatic nitrogens is 3. The molecule has 1 atom stereocenters. The molecule has 0 spiro atoms. The van der Waals surface area contributed by atoms with E-state index in [4.69, 9.17) is 10.7 Å². The van der Waals surface area contributed by atoms with Crippen LogP contribution in [0.2, 0.25) is 0 Å². The first-order valence-electron chi connectivity index (χ1n) is 9.05. The molecule has 130 valence electrons. The summed E-state index contributed by atoms with van der Waals surface area (Å²) in [6.45, 7) is 5.06. The van der Waals surface area contributed by atoms with Gasteiger partial charge in [-0.3, -0.25) is 0 Å². The molecule has 0 saturated heterocycles. The summed E-state index contributed by atoms with van der Waals surface area (Å²) in [5.74, 6) is 0.680. The lowest BCUT2D eigenvalue weighted by molar-refractivity contribution is 0.406. The van der Waals surface area contributed by atoms with E-state index in [0.717, 1.165) is 37.9 Å². The third kappa shape index (κ3) is 3.00. The molecule has 1 aliphatic carbocycles. The zero-order valence-corrected chi connectivity index (χ0v) is 14.9. The van der Waals surface area contributed by atoms with Crippen LogP contribution in [0.1, 0.15) is 44.2 Å². The highest BCUT2D eigenvalue weighted by Gasteiger charge is 2.22. The molecule has 0 aliphatic heterocycles. The zero-order chi connectivity index (χ0) is 17.4. The van der Waals surface area contributed by atoms with Crippen LogP contribution in [0, 0.1) is 0 Å². The maximum atomic E-state index is 6.31. The van der Waals surface area contributed by atoms with Crippen molar-refractivity contribution in [3.05, 3.63) is 41.7 Å². The molecule has 0 fully saturated rings. The van der Waals surface area contributed by atoms with E-state index in [0.29, 0.717) is 5.95 Å². The van der Waals surface area contributed by atoms with E-state index in [2.05, 4.69) is 53.5 Å². The molecule has 3 aromatic rings. The number of anilines is 1. The number of fused-ring (bicyclic) bond motifs is 2. The third-order valence-corrected chi connectivity index (χ3v) is 5.09. The fourth-order valence-corrected chi connectivity index (χ4v) is 3.81. The second-order valence-electron chi connectivity index (χ2n) is 7.37. The predicted octanol–water partition coefficient (Wildman–Crippen LogP) is 3.85. The number of hydrogen-bond acceptors (Lipinski definition) is 4. The van der Waals surface area contributed by atoms with Gasteiger partial charge in [-0.05, 0) is 31.4 Å². The van der Waals surface area contributed by atoms with E-state index in [1.165, 1.54) is 27.6 Å². The van der Waals surface area contributed by atoms with Crippen molar-refractivity contribution in [3.8, 4) is 11.3 Å². The van der Waals surface area contributed by atoms with E-state index in [1.807, 2.05) is 6.20 Å². The van der Waals surface area contributed by atoms with Crippen LogP contribution in [0.15, 0.2) is 30.6 Å². The predicted molar refractivity (Wildman–Crippen MR) is 103 cm³/mol. The molecule has 0 saturated carbocycles. The summed E-state index contributed by atoms with van der Waals surface area (Å²) in [6.07, 6.45) is 7.92. The van der Waals surface area contributed by atoms with Crippen LogP contribution in [-0.4, -0.2) is 27.0 Å². The van der Waals surface area contributed by atoms with Gasteiger partial charge < -0.3 is 16.0 Å². The van der Waals surface area contributed by atoms with Gasteiger partial charge in [0.15, 0.2) is 0 Å². The van der Waals surface area contributed by atoms with Crippen LogP contribution in [0.3, 0.4) is 0 Å². The molecule has 5 nitrogen and oxygen atoms in total. The standard InChI is InChI=1S/C20H25N5/c1-3-7-20(2,21)8-9-22-19-24-11-14-10-13-5-4-6-16-17(13)15(12-23-16)18(14)25-19/h4-6,11-12,23H,3,7-10,21H2,1-2H3,(H,22,24,25). The summed E-state index contributed by atoms with van der Waals surface area (Å²) < 4.78 is 0. The molecule has 1 aliphatic rings. The minimum Gasteiger partial charge on any atom is -0.360 e. The van der Waals surface area contributed by atoms with Gasteiger partial charge in [0.05, 0.1) is 5.69 Å². The summed E-state index contributed by atoms with van der Waals surface area (Å²) in [5.41, 5.74) is 12.1. The van der Waals surface area contributed by atoms with Gasteiger partial charge >= 0.3 is 0 Å². The molecule has 0 bridgehead atoms. The topological polar surface area (TPSA) is 79.6 Å². The number of hydrogen-bond donors (Lipinski definition) is 3. The molecule has 0 amide bonds. The quantitative estimate of drug-likeness (QED) is 0.500. The minimum atomic E-state index is -0.137. The van der Waals surface area contributed by atoms with Crippen molar-refractivity contribution >= 4 is 16.9 Å². The molecule has 4 N–H and O–H groups in total. The molecule has 2 heterocycles. The van der Waals surface area contributed by atoms with Crippen molar-refractivity contribution in [1.29, 1.82) is 0 Å². The SMILES string of the molecule is CCCC(C)(N)CCNc1ncc2c(n1)-c1c[nH]c3cccc(c13)C2. The number of aromatic amines is 1. The second-order valence-corrected chi connectivity index (χ2v) is 7.37. The van der Waals surface area contributed by atoms with Gasteiger partial charge in [-0.25, -0.2) is 9.97 Å². The average molecular weight is 335 g/mol. The van der Waals surface area contributed by atoms with Gasteiger partial charge in [0.2, 0.25) is 5.95 Å². The normalized spacial score (nSPS) is 15.0. The van der Waals surface area contributed by atoms with Crippen molar-refractivity contribution in [2.24, 2.45) is 5.73 Å². The van der Waals surface area contributed by atoms with E-state index in [9.17, 15) is 0 Å². The first-order valence-corrected chi connectivity index (χ1v) is 9.05. The number of rotatable bonds is 6. The summed E-state index contributed by atoms with van der Waals surface area (Å²) in [6, 6.07) is 6.40. The Balaban J connectivity index is 1.57. The fourth-order valence-electron chi connectivity index (χ4n) is 3.81. The molecular formula is C20H25N5. The second kappa shape index (κ2) is 6.15. The largest absolute Gasteiger partial charge is 0.360 e. The number of benzene rings is 1. The van der Waals surface area contributed by atoms with Crippen LogP contribution in [0.5, 0.6) is 0 Å². The molecule has 0 radical (unpaired) electrons. The van der Waals surface area contributed by atoms with Crippen molar-refractivity contribution in [2.45, 2.75) is 45.1 Å². The van der Waals surface area contributed by atoms with E-state index < -0.39 is 0 Å². The van der Waals surface area contributed by atoms with Gasteiger partial charge in [-0.15, -0.1) is 0 Å². The maximum Gasteiger partial charge on any atom is 0.223 e. The Morgan fingerprint density at radius 2 is 2.16 bits per heavy atom. The molecule has 25 heavy (non-hydrogen) atoms. The smallest absolute Gasteiger partial charge is 0.223 e. The lowest BCUT2D eigenvalue weighted by Gasteiger charge is -2.24. The van der Waals surface area contributed by atoms with Crippen molar-refractivity contribution < 1.29 is 0 Å². The number of nitrogens with one attached hydrogen (secondary N) is 2. The molecule has 5 heteroatoms. The van der Waals surface area contributed by atoms with Gasteiger partial charge in [-0.2, -0.15) is 0 Å². The van der Waals surface area contributed by atoms with Gasteiger partial charge in [0, 0.05) is 52.9 Å². The summed E-state index contributed by atoms with van der Waals surface area (Å²) in [5, 5.41) is 4.63. The number of H-pyrrole nitrogens is 1. The first kappa shape index (κ1) is 16.1. The Labute approximate surface area is 148 Å². The van der Waals surface area contributed by atoms with Crippen LogP contribution < -0.4 is 11.1 Å². The Bertz CT molecular complexity index is 910. The Hall–Kier alpha value is -2.40. The highest BCUT2D eigenvalue weighted by atomic mass is 15.1.